The van der Waals surface area contributed by atoms with Crippen LogP contribution in [0.15, 0.2) is 24.3 Å². The number of sulfone groups is 1. The second-order valence-electron chi connectivity index (χ2n) is 5.95. The molecule has 126 valence electrons. The summed E-state index contributed by atoms with van der Waals surface area (Å²) in [5.74, 6) is -0.367. The molecule has 1 unspecified atom stereocenters. The van der Waals surface area contributed by atoms with Gasteiger partial charge in [-0.05, 0) is 25.0 Å². The maximum Gasteiger partial charge on any atom is 0.242 e. The lowest BCUT2D eigenvalue weighted by Gasteiger charge is -2.28. The van der Waals surface area contributed by atoms with Gasteiger partial charge in [-0.2, -0.15) is 0 Å². The maximum atomic E-state index is 12.5. The van der Waals surface area contributed by atoms with Crippen LogP contribution in [0.1, 0.15) is 18.9 Å². The molecule has 2 amide bonds. The lowest BCUT2D eigenvalue weighted by atomic mass is 10.1. The first-order valence-electron chi connectivity index (χ1n) is 7.51. The van der Waals surface area contributed by atoms with Crippen LogP contribution in [0.3, 0.4) is 0 Å². The highest BCUT2D eigenvalue weighted by Gasteiger charge is 2.33. The molecule has 0 aromatic heterocycles. The molecule has 1 aliphatic heterocycles. The fourth-order valence-electron chi connectivity index (χ4n) is 2.76. The minimum atomic E-state index is -3.05. The Hall–Kier alpha value is -1.89. The molecule has 1 aromatic rings. The van der Waals surface area contributed by atoms with Gasteiger partial charge in [0.1, 0.15) is 6.54 Å². The van der Waals surface area contributed by atoms with E-state index in [9.17, 15) is 18.0 Å². The van der Waals surface area contributed by atoms with Crippen molar-refractivity contribution in [3.8, 4) is 0 Å². The largest absolute Gasteiger partial charge is 0.340 e. The van der Waals surface area contributed by atoms with Crippen LogP contribution in [0.4, 0.5) is 5.69 Å². The average Bonchev–Trinajstić information content (AvgIpc) is 2.84. The van der Waals surface area contributed by atoms with Crippen LogP contribution in [0.25, 0.3) is 0 Å². The van der Waals surface area contributed by atoms with Crippen LogP contribution in [0, 0.1) is 6.92 Å². The number of rotatable bonds is 4. The van der Waals surface area contributed by atoms with Crippen molar-refractivity contribution < 1.29 is 18.0 Å². The number of aryl methyl sites for hydroxylation is 1. The second-order valence-corrected chi connectivity index (χ2v) is 8.18. The summed E-state index contributed by atoms with van der Waals surface area (Å²) >= 11 is 0. The predicted molar refractivity (Wildman–Crippen MR) is 89.0 cm³/mol. The van der Waals surface area contributed by atoms with E-state index in [0.717, 1.165) is 5.56 Å². The van der Waals surface area contributed by atoms with E-state index in [2.05, 4.69) is 0 Å². The van der Waals surface area contributed by atoms with Gasteiger partial charge in [-0.3, -0.25) is 9.59 Å². The number of carbonyl (C=O) groups excluding carboxylic acids is 2. The Morgan fingerprint density at radius 2 is 1.91 bits per heavy atom. The van der Waals surface area contributed by atoms with E-state index >= 15 is 0 Å². The number of nitrogens with zero attached hydrogens (tertiary/aromatic N) is 2. The normalized spacial score (nSPS) is 19.3. The Bertz CT molecular complexity index is 715. The van der Waals surface area contributed by atoms with Crippen LogP contribution in [-0.4, -0.2) is 56.3 Å². The Morgan fingerprint density at radius 1 is 1.26 bits per heavy atom. The number of hydrogen-bond acceptors (Lipinski definition) is 4. The number of amides is 2. The molecule has 0 saturated carbocycles. The molecule has 0 aliphatic carbocycles. The quantitative estimate of drug-likeness (QED) is 0.821. The Balaban J connectivity index is 2.13. The first-order valence-corrected chi connectivity index (χ1v) is 9.33. The van der Waals surface area contributed by atoms with E-state index < -0.39 is 9.84 Å². The summed E-state index contributed by atoms with van der Waals surface area (Å²) in [7, 11) is -1.45. The van der Waals surface area contributed by atoms with E-state index in [1.807, 2.05) is 25.1 Å². The van der Waals surface area contributed by atoms with Gasteiger partial charge in [-0.15, -0.1) is 0 Å². The summed E-state index contributed by atoms with van der Waals surface area (Å²) in [5, 5.41) is 0. The van der Waals surface area contributed by atoms with Crippen molar-refractivity contribution in [3.05, 3.63) is 29.8 Å². The zero-order valence-electron chi connectivity index (χ0n) is 13.7. The SMILES string of the molecule is CC(=O)N(CC(=O)N(C)C1CCS(=O)(=O)C1)c1ccccc1C. The van der Waals surface area contributed by atoms with Gasteiger partial charge in [0.05, 0.1) is 11.5 Å². The van der Waals surface area contributed by atoms with Crippen molar-refractivity contribution in [1.29, 1.82) is 0 Å². The molecule has 0 N–H and O–H groups in total. The van der Waals surface area contributed by atoms with Gasteiger partial charge in [0, 0.05) is 25.7 Å². The highest BCUT2D eigenvalue weighted by Crippen LogP contribution is 2.21. The molecule has 1 fully saturated rings. The first kappa shape index (κ1) is 17.5. The average molecular weight is 338 g/mol. The molecule has 6 nitrogen and oxygen atoms in total. The van der Waals surface area contributed by atoms with Crippen molar-refractivity contribution >= 4 is 27.3 Å². The zero-order chi connectivity index (χ0) is 17.2. The molecule has 0 radical (unpaired) electrons. The van der Waals surface area contributed by atoms with Crippen molar-refractivity contribution in [1.82, 2.24) is 4.90 Å². The molecule has 1 aliphatic rings. The van der Waals surface area contributed by atoms with Crippen LogP contribution >= 0.6 is 0 Å². The minimum absolute atomic E-state index is 0.000321. The fourth-order valence-corrected chi connectivity index (χ4v) is 4.54. The topological polar surface area (TPSA) is 74.8 Å². The molecule has 23 heavy (non-hydrogen) atoms. The lowest BCUT2D eigenvalue weighted by Crippen LogP contribution is -2.45. The third kappa shape index (κ3) is 4.10. The maximum absolute atomic E-state index is 12.5. The van der Waals surface area contributed by atoms with Gasteiger partial charge < -0.3 is 9.80 Å². The van der Waals surface area contributed by atoms with Gasteiger partial charge in [-0.1, -0.05) is 18.2 Å². The van der Waals surface area contributed by atoms with E-state index in [1.165, 1.54) is 16.7 Å². The van der Waals surface area contributed by atoms with E-state index in [-0.39, 0.29) is 35.9 Å². The van der Waals surface area contributed by atoms with E-state index in [0.29, 0.717) is 12.1 Å². The van der Waals surface area contributed by atoms with Crippen LogP contribution in [0.5, 0.6) is 0 Å². The molecule has 7 heteroatoms. The highest BCUT2D eigenvalue weighted by molar-refractivity contribution is 7.91. The van der Waals surface area contributed by atoms with Gasteiger partial charge >= 0.3 is 0 Å². The number of carbonyl (C=O) groups is 2. The Kier molecular flexibility index (Phi) is 5.09. The van der Waals surface area contributed by atoms with Crippen LogP contribution in [-0.2, 0) is 19.4 Å². The third-order valence-electron chi connectivity index (χ3n) is 4.23. The van der Waals surface area contributed by atoms with Gasteiger partial charge in [-0.25, -0.2) is 8.42 Å². The summed E-state index contributed by atoms with van der Waals surface area (Å²) in [4.78, 5) is 27.3. The van der Waals surface area contributed by atoms with E-state index in [1.54, 1.807) is 13.1 Å². The standard InChI is InChI=1S/C16H22N2O4S/c1-12-6-4-5-7-15(12)18(13(2)19)10-16(20)17(3)14-8-9-23(21,22)11-14/h4-7,14H,8-11H2,1-3H3. The fraction of sp³-hybridized carbons (Fsp3) is 0.500. The summed E-state index contributed by atoms with van der Waals surface area (Å²) < 4.78 is 23.1. The van der Waals surface area contributed by atoms with Gasteiger partial charge in [0.2, 0.25) is 11.8 Å². The summed E-state index contributed by atoms with van der Waals surface area (Å²) in [5.41, 5.74) is 1.60. The van der Waals surface area contributed by atoms with Gasteiger partial charge in [0.15, 0.2) is 9.84 Å². The molecule has 1 heterocycles. The molecular weight excluding hydrogens is 316 g/mol. The van der Waals surface area contributed by atoms with Crippen molar-refractivity contribution in [2.24, 2.45) is 0 Å². The van der Waals surface area contributed by atoms with Gasteiger partial charge in [0.25, 0.3) is 0 Å². The Labute approximate surface area is 137 Å². The zero-order valence-corrected chi connectivity index (χ0v) is 14.5. The molecule has 1 saturated heterocycles. The van der Waals surface area contributed by atoms with Crippen molar-refractivity contribution in [3.63, 3.8) is 0 Å². The second kappa shape index (κ2) is 6.70. The predicted octanol–water partition coefficient (Wildman–Crippen LogP) is 0.993. The number of hydrogen-bond donors (Lipinski definition) is 0. The minimum Gasteiger partial charge on any atom is -0.340 e. The lowest BCUT2D eigenvalue weighted by molar-refractivity contribution is -0.131. The number of benzene rings is 1. The smallest absolute Gasteiger partial charge is 0.242 e. The monoisotopic (exact) mass is 338 g/mol. The van der Waals surface area contributed by atoms with Crippen LogP contribution in [0.2, 0.25) is 0 Å². The van der Waals surface area contributed by atoms with E-state index in [4.69, 9.17) is 0 Å². The summed E-state index contributed by atoms with van der Waals surface area (Å²) in [6.07, 6.45) is 0.453. The molecule has 1 atom stereocenters. The number of para-hydroxylation sites is 1. The van der Waals surface area contributed by atoms with Crippen molar-refractivity contribution in [2.75, 3.05) is 30.0 Å². The van der Waals surface area contributed by atoms with Crippen molar-refractivity contribution in [2.45, 2.75) is 26.3 Å². The molecular formula is C16H22N2O4S. The molecule has 0 bridgehead atoms. The third-order valence-corrected chi connectivity index (χ3v) is 5.98. The summed E-state index contributed by atoms with van der Waals surface area (Å²) in [6.45, 7) is 3.20. The molecule has 2 rings (SSSR count). The van der Waals surface area contributed by atoms with Crippen LogP contribution < -0.4 is 4.90 Å². The first-order chi connectivity index (χ1) is 10.7. The Morgan fingerprint density at radius 3 is 2.43 bits per heavy atom. The highest BCUT2D eigenvalue weighted by atomic mass is 32.2. The number of anilines is 1. The molecule has 1 aromatic carbocycles. The summed E-state index contributed by atoms with van der Waals surface area (Å²) in [6, 6.07) is 7.05. The molecule has 0 spiro atoms. The number of likely N-dealkylation sites (N-methyl/N-ethyl adjacent to an activating group) is 1.